The molecular formula is C14H16N8. The predicted molar refractivity (Wildman–Crippen MR) is 84.1 cm³/mol. The molecule has 1 aromatic carbocycles. The fraction of sp³-hybridized carbons (Fsp3) is 0.214. The van der Waals surface area contributed by atoms with E-state index in [-0.39, 0.29) is 11.5 Å². The highest BCUT2D eigenvalue weighted by Crippen LogP contribution is 2.19. The van der Waals surface area contributed by atoms with E-state index < -0.39 is 0 Å². The molecule has 0 saturated heterocycles. The van der Waals surface area contributed by atoms with Crippen LogP contribution in [0.2, 0.25) is 0 Å². The zero-order valence-electron chi connectivity index (χ0n) is 12.3. The molecule has 0 radical (unpaired) electrons. The lowest BCUT2D eigenvalue weighted by Crippen LogP contribution is -2.21. The molecule has 0 atom stereocenters. The van der Waals surface area contributed by atoms with Crippen LogP contribution >= 0.6 is 0 Å². The molecule has 0 aliphatic rings. The van der Waals surface area contributed by atoms with E-state index in [0.717, 1.165) is 23.4 Å². The molecule has 8 heteroatoms. The van der Waals surface area contributed by atoms with Gasteiger partial charge in [0.25, 0.3) is 0 Å². The minimum atomic E-state index is -0.383. The van der Waals surface area contributed by atoms with Gasteiger partial charge in [0.15, 0.2) is 5.84 Å². The number of rotatable bonds is 5. The molecule has 0 unspecified atom stereocenters. The van der Waals surface area contributed by atoms with Gasteiger partial charge < -0.3 is 5.73 Å². The van der Waals surface area contributed by atoms with Crippen molar-refractivity contribution in [2.75, 3.05) is 5.43 Å². The molecule has 112 valence electrons. The Morgan fingerprint density at radius 2 is 2.32 bits per heavy atom. The second kappa shape index (κ2) is 6.49. The molecular weight excluding hydrogens is 280 g/mol. The first-order valence-electron chi connectivity index (χ1n) is 6.65. The van der Waals surface area contributed by atoms with E-state index in [9.17, 15) is 0 Å². The van der Waals surface area contributed by atoms with Crippen molar-refractivity contribution in [3.63, 3.8) is 0 Å². The van der Waals surface area contributed by atoms with Crippen LogP contribution in [0.5, 0.6) is 0 Å². The van der Waals surface area contributed by atoms with Crippen LogP contribution in [-0.2, 0) is 6.42 Å². The Labute approximate surface area is 127 Å². The maximum atomic E-state index is 8.82. The number of nitriles is 1. The molecule has 22 heavy (non-hydrogen) atoms. The third-order valence-electron chi connectivity index (χ3n) is 3.02. The maximum absolute atomic E-state index is 8.82. The van der Waals surface area contributed by atoms with E-state index >= 15 is 0 Å². The third kappa shape index (κ3) is 3.27. The molecule has 0 bridgehead atoms. The fourth-order valence-corrected chi connectivity index (χ4v) is 1.77. The summed E-state index contributed by atoms with van der Waals surface area (Å²) < 4.78 is 1.69. The minimum Gasteiger partial charge on any atom is -0.382 e. The van der Waals surface area contributed by atoms with Crippen molar-refractivity contribution < 1.29 is 0 Å². The Balaban J connectivity index is 2.31. The first kappa shape index (κ1) is 15.2. The van der Waals surface area contributed by atoms with Gasteiger partial charge in [0, 0.05) is 0 Å². The molecule has 0 fully saturated rings. The fourth-order valence-electron chi connectivity index (χ4n) is 1.77. The largest absolute Gasteiger partial charge is 0.382 e. The topological polar surface area (TPSA) is 129 Å². The normalized spacial score (nSPS) is 11.0. The van der Waals surface area contributed by atoms with Crippen molar-refractivity contribution >= 4 is 17.2 Å². The summed E-state index contributed by atoms with van der Waals surface area (Å²) in [7, 11) is 0. The van der Waals surface area contributed by atoms with E-state index in [1.807, 2.05) is 38.2 Å². The molecule has 0 aliphatic heterocycles. The van der Waals surface area contributed by atoms with Crippen molar-refractivity contribution in [1.29, 1.82) is 10.7 Å². The van der Waals surface area contributed by atoms with Crippen LogP contribution in [0, 0.1) is 23.7 Å². The Kier molecular flexibility index (Phi) is 4.48. The molecule has 1 heterocycles. The molecule has 0 saturated carbocycles. The van der Waals surface area contributed by atoms with Crippen LogP contribution < -0.4 is 11.2 Å². The van der Waals surface area contributed by atoms with Gasteiger partial charge in [-0.05, 0) is 31.0 Å². The van der Waals surface area contributed by atoms with Crippen molar-refractivity contribution in [2.24, 2.45) is 10.8 Å². The zero-order valence-corrected chi connectivity index (χ0v) is 12.3. The van der Waals surface area contributed by atoms with Crippen molar-refractivity contribution in [3.05, 3.63) is 35.7 Å². The number of hydrogen-bond donors (Lipinski definition) is 3. The molecule has 0 spiro atoms. The highest BCUT2D eigenvalue weighted by atomic mass is 15.4. The summed E-state index contributed by atoms with van der Waals surface area (Å²) in [4.78, 5) is 0. The van der Waals surface area contributed by atoms with E-state index in [0.29, 0.717) is 5.69 Å². The van der Waals surface area contributed by atoms with Gasteiger partial charge in [-0.2, -0.15) is 10.4 Å². The highest BCUT2D eigenvalue weighted by Gasteiger charge is 2.06. The van der Waals surface area contributed by atoms with Gasteiger partial charge in [-0.1, -0.05) is 18.2 Å². The Morgan fingerprint density at radius 3 is 2.91 bits per heavy atom. The number of aryl methyl sites for hydroxylation is 2. The van der Waals surface area contributed by atoms with Crippen molar-refractivity contribution in [2.45, 2.75) is 20.3 Å². The number of amidine groups is 1. The van der Waals surface area contributed by atoms with Gasteiger partial charge in [0.1, 0.15) is 6.07 Å². The standard InChI is InChI=1S/C14H16N8/c1-3-10-8-22(21-19-10)13-6-11(5-4-9(13)2)18-20-12(7-15)14(16)17/h4-6,8,18H,3H2,1-2H3,(H3,16,17)/b20-12+. The van der Waals surface area contributed by atoms with E-state index in [4.69, 9.17) is 16.4 Å². The van der Waals surface area contributed by atoms with E-state index in [1.165, 1.54) is 0 Å². The van der Waals surface area contributed by atoms with E-state index in [1.54, 1.807) is 10.8 Å². The van der Waals surface area contributed by atoms with Crippen LogP contribution in [0.1, 0.15) is 18.2 Å². The van der Waals surface area contributed by atoms with Gasteiger partial charge in [0.2, 0.25) is 5.71 Å². The van der Waals surface area contributed by atoms with Gasteiger partial charge in [-0.25, -0.2) is 4.68 Å². The monoisotopic (exact) mass is 296 g/mol. The quantitative estimate of drug-likeness (QED) is 0.436. The summed E-state index contributed by atoms with van der Waals surface area (Å²) >= 11 is 0. The number of nitrogens with two attached hydrogens (primary N) is 1. The number of aromatic nitrogens is 3. The molecule has 4 N–H and O–H groups in total. The van der Waals surface area contributed by atoms with Gasteiger partial charge in [-0.3, -0.25) is 10.8 Å². The Morgan fingerprint density at radius 1 is 1.55 bits per heavy atom. The number of benzene rings is 1. The highest BCUT2D eigenvalue weighted by molar-refractivity contribution is 6.45. The number of hydrazone groups is 1. The molecule has 2 aromatic rings. The molecule has 1 aromatic heterocycles. The SMILES string of the molecule is CCc1cn(-c2cc(N/N=C(\C#N)C(=N)N)ccc2C)nn1. The van der Waals surface area contributed by atoms with Crippen molar-refractivity contribution in [3.8, 4) is 11.8 Å². The third-order valence-corrected chi connectivity index (χ3v) is 3.02. The second-order valence-electron chi connectivity index (χ2n) is 4.61. The number of hydrogen-bond acceptors (Lipinski definition) is 6. The first-order chi connectivity index (χ1) is 10.5. The summed E-state index contributed by atoms with van der Waals surface area (Å²) in [5.41, 5.74) is 11.2. The zero-order chi connectivity index (χ0) is 16.1. The van der Waals surface area contributed by atoms with Crippen molar-refractivity contribution in [1.82, 2.24) is 15.0 Å². The van der Waals surface area contributed by atoms with Gasteiger partial charge in [0.05, 0.1) is 23.3 Å². The van der Waals surface area contributed by atoms with Crippen LogP contribution in [0.25, 0.3) is 5.69 Å². The van der Waals surface area contributed by atoms with Crippen LogP contribution in [0.15, 0.2) is 29.5 Å². The van der Waals surface area contributed by atoms with Crippen LogP contribution in [0.4, 0.5) is 5.69 Å². The maximum Gasteiger partial charge on any atom is 0.201 e. The van der Waals surface area contributed by atoms with E-state index in [2.05, 4.69) is 20.8 Å². The summed E-state index contributed by atoms with van der Waals surface area (Å²) in [6, 6.07) is 7.30. The lowest BCUT2D eigenvalue weighted by molar-refractivity contribution is 0.793. The Hall–Kier alpha value is -3.21. The lowest BCUT2D eigenvalue weighted by atomic mass is 10.2. The summed E-state index contributed by atoms with van der Waals surface area (Å²) in [6.45, 7) is 3.98. The molecule has 2 rings (SSSR count). The number of nitrogens with zero attached hydrogens (tertiary/aromatic N) is 5. The number of nitrogens with one attached hydrogen (secondary N) is 2. The number of anilines is 1. The molecule has 0 amide bonds. The average molecular weight is 296 g/mol. The van der Waals surface area contributed by atoms with Crippen LogP contribution in [-0.4, -0.2) is 26.5 Å². The van der Waals surface area contributed by atoms with Gasteiger partial charge in [-0.15, -0.1) is 5.10 Å². The van der Waals surface area contributed by atoms with Crippen LogP contribution in [0.3, 0.4) is 0 Å². The average Bonchev–Trinajstić information content (AvgIpc) is 2.98. The lowest BCUT2D eigenvalue weighted by Gasteiger charge is -2.08. The smallest absolute Gasteiger partial charge is 0.201 e. The summed E-state index contributed by atoms with van der Waals surface area (Å²) in [5.74, 6) is -0.383. The first-order valence-corrected chi connectivity index (χ1v) is 6.65. The second-order valence-corrected chi connectivity index (χ2v) is 4.61. The summed E-state index contributed by atoms with van der Waals surface area (Å²) in [5, 5.41) is 28.0. The molecule has 8 nitrogen and oxygen atoms in total. The molecule has 0 aliphatic carbocycles. The predicted octanol–water partition coefficient (Wildman–Crippen LogP) is 1.37. The van der Waals surface area contributed by atoms with Gasteiger partial charge >= 0.3 is 0 Å². The summed E-state index contributed by atoms with van der Waals surface area (Å²) in [6.07, 6.45) is 2.68. The minimum absolute atomic E-state index is 0.170. The Bertz CT molecular complexity index is 765.